The molecule has 0 atom stereocenters. The number of ether oxygens (including phenoxy) is 1. The van der Waals surface area contributed by atoms with Crippen molar-refractivity contribution < 1.29 is 9.53 Å². The lowest BCUT2D eigenvalue weighted by Gasteiger charge is -2.24. The van der Waals surface area contributed by atoms with Gasteiger partial charge in [-0.25, -0.2) is 4.79 Å². The minimum absolute atomic E-state index is 0.319. The van der Waals surface area contributed by atoms with Crippen LogP contribution in [0, 0.1) is 0 Å². The molecule has 2 nitrogen and oxygen atoms in total. The second-order valence-corrected chi connectivity index (χ2v) is 3.94. The second-order valence-electron chi connectivity index (χ2n) is 2.06. The van der Waals surface area contributed by atoms with Crippen molar-refractivity contribution in [2.45, 2.75) is 16.9 Å². The van der Waals surface area contributed by atoms with E-state index in [-0.39, 0.29) is 5.97 Å². The van der Waals surface area contributed by atoms with Crippen molar-refractivity contribution in [1.29, 1.82) is 0 Å². The van der Waals surface area contributed by atoms with Gasteiger partial charge in [0.1, 0.15) is 0 Å². The van der Waals surface area contributed by atoms with Gasteiger partial charge >= 0.3 is 5.97 Å². The minimum atomic E-state index is -0.835. The Morgan fingerprint density at radius 1 is 1.56 bits per heavy atom. The number of cyclic esters (lactones) is 1. The smallest absolute Gasteiger partial charge is 0.332 e. The topological polar surface area (TPSA) is 26.3 Å². The number of thiol groups is 2. The quantitative estimate of drug-likeness (QED) is 0.316. The standard InChI is InChI=1S/C5H8O2S2/c6-4-5(8,9)2-1-3-7-4/h8-9H,1-3H2. The highest BCUT2D eigenvalue weighted by Gasteiger charge is 2.34. The molecule has 1 aliphatic rings. The van der Waals surface area contributed by atoms with Crippen LogP contribution >= 0.6 is 25.3 Å². The Balaban J connectivity index is 2.60. The first-order chi connectivity index (χ1) is 4.13. The molecule has 1 aliphatic heterocycles. The lowest BCUT2D eigenvalue weighted by atomic mass is 10.2. The molecule has 0 saturated carbocycles. The molecule has 9 heavy (non-hydrogen) atoms. The fourth-order valence-electron chi connectivity index (χ4n) is 0.701. The lowest BCUT2D eigenvalue weighted by molar-refractivity contribution is -0.147. The molecule has 0 bridgehead atoms. The fourth-order valence-corrected chi connectivity index (χ4v) is 1.15. The van der Waals surface area contributed by atoms with Crippen LogP contribution < -0.4 is 0 Å². The van der Waals surface area contributed by atoms with Gasteiger partial charge in [-0.2, -0.15) is 25.3 Å². The van der Waals surface area contributed by atoms with Crippen LogP contribution in [0.15, 0.2) is 0 Å². The van der Waals surface area contributed by atoms with Gasteiger partial charge in [0.25, 0.3) is 0 Å². The number of hydrogen-bond donors (Lipinski definition) is 2. The molecule has 4 heteroatoms. The predicted molar refractivity (Wildman–Crippen MR) is 40.9 cm³/mol. The van der Waals surface area contributed by atoms with Crippen molar-refractivity contribution in [1.82, 2.24) is 0 Å². The highest BCUT2D eigenvalue weighted by molar-refractivity contribution is 8.01. The monoisotopic (exact) mass is 164 g/mol. The number of rotatable bonds is 0. The molecule has 0 unspecified atom stereocenters. The summed E-state index contributed by atoms with van der Waals surface area (Å²) in [5, 5.41) is 0. The van der Waals surface area contributed by atoms with E-state index in [2.05, 4.69) is 25.3 Å². The molecular formula is C5H8O2S2. The minimum Gasteiger partial charge on any atom is -0.464 e. The number of esters is 1. The van der Waals surface area contributed by atoms with Crippen LogP contribution in [-0.2, 0) is 9.53 Å². The predicted octanol–water partition coefficient (Wildman–Crippen LogP) is 0.879. The van der Waals surface area contributed by atoms with Gasteiger partial charge in [-0.3, -0.25) is 0 Å². The average Bonchev–Trinajstić information content (AvgIpc) is 1.77. The molecule has 1 fully saturated rings. The molecular weight excluding hydrogens is 156 g/mol. The molecule has 0 N–H and O–H groups in total. The fraction of sp³-hybridized carbons (Fsp3) is 0.800. The summed E-state index contributed by atoms with van der Waals surface area (Å²) in [5.41, 5.74) is 0. The van der Waals surface area contributed by atoms with Crippen LogP contribution in [0.2, 0.25) is 0 Å². The van der Waals surface area contributed by atoms with Gasteiger partial charge in [0, 0.05) is 0 Å². The maximum Gasteiger partial charge on any atom is 0.332 e. The third-order valence-corrected chi connectivity index (χ3v) is 2.04. The Labute approximate surface area is 64.8 Å². The summed E-state index contributed by atoms with van der Waals surface area (Å²) in [4.78, 5) is 10.7. The van der Waals surface area contributed by atoms with Gasteiger partial charge in [-0.15, -0.1) is 0 Å². The van der Waals surface area contributed by atoms with Crippen molar-refractivity contribution in [2.24, 2.45) is 0 Å². The van der Waals surface area contributed by atoms with Crippen molar-refractivity contribution >= 4 is 31.2 Å². The van der Waals surface area contributed by atoms with E-state index in [9.17, 15) is 4.79 Å². The molecule has 0 aromatic heterocycles. The molecule has 1 rings (SSSR count). The van der Waals surface area contributed by atoms with Crippen molar-refractivity contribution in [3.63, 3.8) is 0 Å². The van der Waals surface area contributed by atoms with Gasteiger partial charge in [-0.05, 0) is 12.8 Å². The van der Waals surface area contributed by atoms with Crippen LogP contribution in [0.1, 0.15) is 12.8 Å². The van der Waals surface area contributed by atoms with Gasteiger partial charge in [0.15, 0.2) is 4.08 Å². The summed E-state index contributed by atoms with van der Waals surface area (Å²) in [6, 6.07) is 0. The molecule has 0 radical (unpaired) electrons. The van der Waals surface area contributed by atoms with Crippen LogP contribution in [-0.4, -0.2) is 16.7 Å². The summed E-state index contributed by atoms with van der Waals surface area (Å²) in [6.07, 6.45) is 1.55. The summed E-state index contributed by atoms with van der Waals surface area (Å²) >= 11 is 8.01. The Morgan fingerprint density at radius 3 is 2.56 bits per heavy atom. The first-order valence-corrected chi connectivity index (χ1v) is 3.64. The van der Waals surface area contributed by atoms with Gasteiger partial charge < -0.3 is 4.74 Å². The summed E-state index contributed by atoms with van der Waals surface area (Å²) in [7, 11) is 0. The molecule has 52 valence electrons. The van der Waals surface area contributed by atoms with E-state index in [1.807, 2.05) is 0 Å². The molecule has 0 spiro atoms. The number of carbonyl (C=O) groups is 1. The summed E-state index contributed by atoms with van der Waals surface area (Å²) in [6.45, 7) is 0.516. The van der Waals surface area contributed by atoms with E-state index >= 15 is 0 Å². The normalized spacial score (nSPS) is 25.3. The molecule has 1 heterocycles. The lowest BCUT2D eigenvalue weighted by Crippen LogP contribution is -2.33. The Morgan fingerprint density at radius 2 is 2.22 bits per heavy atom. The summed E-state index contributed by atoms with van der Waals surface area (Å²) in [5.74, 6) is -0.319. The second kappa shape index (κ2) is 2.42. The van der Waals surface area contributed by atoms with E-state index in [0.717, 1.165) is 6.42 Å². The van der Waals surface area contributed by atoms with Crippen molar-refractivity contribution in [3.8, 4) is 0 Å². The average molecular weight is 164 g/mol. The van der Waals surface area contributed by atoms with Gasteiger partial charge in [0.2, 0.25) is 0 Å². The first kappa shape index (κ1) is 7.28. The van der Waals surface area contributed by atoms with Crippen molar-refractivity contribution in [3.05, 3.63) is 0 Å². The first-order valence-electron chi connectivity index (χ1n) is 2.75. The molecule has 0 aromatic rings. The van der Waals surface area contributed by atoms with Gasteiger partial charge in [-0.1, -0.05) is 0 Å². The zero-order valence-electron chi connectivity index (χ0n) is 4.83. The van der Waals surface area contributed by atoms with E-state index in [0.29, 0.717) is 13.0 Å². The van der Waals surface area contributed by atoms with E-state index in [1.165, 1.54) is 0 Å². The molecule has 0 aromatic carbocycles. The molecule has 0 aliphatic carbocycles. The SMILES string of the molecule is O=C1OCCCC1(S)S. The largest absolute Gasteiger partial charge is 0.464 e. The Kier molecular flexibility index (Phi) is 1.96. The van der Waals surface area contributed by atoms with Crippen LogP contribution in [0.4, 0.5) is 0 Å². The van der Waals surface area contributed by atoms with Crippen LogP contribution in [0.5, 0.6) is 0 Å². The maximum atomic E-state index is 10.7. The highest BCUT2D eigenvalue weighted by Crippen LogP contribution is 2.30. The van der Waals surface area contributed by atoms with Gasteiger partial charge in [0.05, 0.1) is 6.61 Å². The van der Waals surface area contributed by atoms with Crippen LogP contribution in [0.3, 0.4) is 0 Å². The zero-order valence-corrected chi connectivity index (χ0v) is 6.62. The Bertz CT molecular complexity index is 133. The molecule has 1 saturated heterocycles. The highest BCUT2D eigenvalue weighted by atomic mass is 32.2. The third-order valence-electron chi connectivity index (χ3n) is 1.23. The van der Waals surface area contributed by atoms with Crippen molar-refractivity contribution in [2.75, 3.05) is 6.61 Å². The van der Waals surface area contributed by atoms with E-state index < -0.39 is 4.08 Å². The Hall–Kier alpha value is 0.170. The van der Waals surface area contributed by atoms with Crippen LogP contribution in [0.25, 0.3) is 0 Å². The molecule has 0 amide bonds. The zero-order chi connectivity index (χ0) is 6.91. The van der Waals surface area contributed by atoms with E-state index in [1.54, 1.807) is 0 Å². The number of hydrogen-bond acceptors (Lipinski definition) is 4. The third kappa shape index (κ3) is 1.55. The van der Waals surface area contributed by atoms with E-state index in [4.69, 9.17) is 4.74 Å². The number of carbonyl (C=O) groups excluding carboxylic acids is 1. The maximum absolute atomic E-state index is 10.7. The summed E-state index contributed by atoms with van der Waals surface area (Å²) < 4.78 is 3.87.